The van der Waals surface area contributed by atoms with Gasteiger partial charge in [-0.15, -0.1) is 0 Å². The minimum absolute atomic E-state index is 0.766. The van der Waals surface area contributed by atoms with E-state index < -0.39 is 0 Å². The number of rotatable bonds is 2. The fraction of sp³-hybridized carbons (Fsp3) is 0.231. The molecule has 0 fully saturated rings. The van der Waals surface area contributed by atoms with Crippen LogP contribution < -0.4 is 5.73 Å². The van der Waals surface area contributed by atoms with Gasteiger partial charge in [0.25, 0.3) is 0 Å². The first-order chi connectivity index (χ1) is 7.58. The second-order valence-corrected chi connectivity index (χ2v) is 4.05. The maximum atomic E-state index is 5.65. The van der Waals surface area contributed by atoms with Gasteiger partial charge in [0, 0.05) is 11.4 Å². The van der Waals surface area contributed by atoms with Gasteiger partial charge >= 0.3 is 0 Å². The third-order valence-electron chi connectivity index (χ3n) is 2.84. The van der Waals surface area contributed by atoms with Crippen molar-refractivity contribution in [2.24, 2.45) is 0 Å². The number of nitrogen functional groups attached to an aromatic ring is 1. The van der Waals surface area contributed by atoms with Crippen molar-refractivity contribution >= 4 is 5.69 Å². The van der Waals surface area contributed by atoms with E-state index in [0.717, 1.165) is 29.2 Å². The van der Waals surface area contributed by atoms with Gasteiger partial charge in [-0.25, -0.2) is 0 Å². The zero-order chi connectivity index (χ0) is 11.7. The minimum Gasteiger partial charge on any atom is -0.399 e. The fourth-order valence-electron chi connectivity index (χ4n) is 1.68. The molecule has 16 heavy (non-hydrogen) atoms. The van der Waals surface area contributed by atoms with E-state index in [1.807, 2.05) is 42.8 Å². The van der Waals surface area contributed by atoms with Gasteiger partial charge < -0.3 is 5.73 Å². The molecule has 83 valence electrons. The largest absolute Gasteiger partial charge is 0.399 e. The molecule has 2 rings (SSSR count). The zero-order valence-corrected chi connectivity index (χ0v) is 9.70. The first-order valence-corrected chi connectivity index (χ1v) is 5.28. The monoisotopic (exact) mass is 214 g/mol. The van der Waals surface area contributed by atoms with Gasteiger partial charge in [0.15, 0.2) is 0 Å². The van der Waals surface area contributed by atoms with E-state index in [-0.39, 0.29) is 0 Å². The molecule has 0 saturated carbocycles. The summed E-state index contributed by atoms with van der Waals surface area (Å²) < 4.78 is 1.98. The SMILES string of the molecule is [CH2]c1c(C)nn(Cc2ccc(N)cc2)c1C. The topological polar surface area (TPSA) is 43.8 Å². The minimum atomic E-state index is 0.766. The lowest BCUT2D eigenvalue weighted by Crippen LogP contribution is -2.04. The zero-order valence-electron chi connectivity index (χ0n) is 9.70. The molecule has 0 unspecified atom stereocenters. The van der Waals surface area contributed by atoms with Crippen LogP contribution in [0.3, 0.4) is 0 Å². The molecular formula is C13H16N3. The first kappa shape index (κ1) is 10.7. The molecule has 2 aromatic rings. The standard InChI is InChI=1S/C13H16N3/c1-9-10(2)15-16(11(9)3)8-12-4-6-13(14)7-5-12/h4-7H,1,8,14H2,2-3H3. The number of hydrogen-bond acceptors (Lipinski definition) is 2. The Labute approximate surface area is 95.9 Å². The summed E-state index contributed by atoms with van der Waals surface area (Å²) in [7, 11) is 0. The van der Waals surface area contributed by atoms with Crippen molar-refractivity contribution in [1.82, 2.24) is 9.78 Å². The summed E-state index contributed by atoms with van der Waals surface area (Å²) in [6.07, 6.45) is 0. The van der Waals surface area contributed by atoms with Crippen LogP contribution in [0, 0.1) is 20.8 Å². The Morgan fingerprint density at radius 1 is 1.25 bits per heavy atom. The Morgan fingerprint density at radius 2 is 1.88 bits per heavy atom. The molecule has 0 spiro atoms. The predicted molar refractivity (Wildman–Crippen MR) is 66.1 cm³/mol. The summed E-state index contributed by atoms with van der Waals surface area (Å²) in [5, 5.41) is 4.45. The van der Waals surface area contributed by atoms with Crippen molar-refractivity contribution in [3.8, 4) is 0 Å². The molecule has 2 N–H and O–H groups in total. The molecular weight excluding hydrogens is 198 g/mol. The number of aromatic nitrogens is 2. The average molecular weight is 214 g/mol. The van der Waals surface area contributed by atoms with Gasteiger partial charge in [-0.2, -0.15) is 5.10 Å². The third-order valence-corrected chi connectivity index (χ3v) is 2.84. The number of benzene rings is 1. The van der Waals surface area contributed by atoms with Crippen LogP contribution in [0.4, 0.5) is 5.69 Å². The highest BCUT2D eigenvalue weighted by Crippen LogP contribution is 2.13. The highest BCUT2D eigenvalue weighted by Gasteiger charge is 2.07. The van der Waals surface area contributed by atoms with E-state index in [2.05, 4.69) is 12.0 Å². The van der Waals surface area contributed by atoms with E-state index in [1.54, 1.807) is 0 Å². The van der Waals surface area contributed by atoms with E-state index in [1.165, 1.54) is 5.56 Å². The molecule has 0 aliphatic heterocycles. The van der Waals surface area contributed by atoms with E-state index >= 15 is 0 Å². The van der Waals surface area contributed by atoms with Crippen molar-refractivity contribution in [3.63, 3.8) is 0 Å². The second-order valence-electron chi connectivity index (χ2n) is 4.05. The summed E-state index contributed by atoms with van der Waals surface area (Å²) >= 11 is 0. The first-order valence-electron chi connectivity index (χ1n) is 5.28. The number of anilines is 1. The van der Waals surface area contributed by atoms with Crippen LogP contribution in [0.1, 0.15) is 22.5 Å². The highest BCUT2D eigenvalue weighted by molar-refractivity contribution is 5.39. The smallest absolute Gasteiger partial charge is 0.0662 e. The van der Waals surface area contributed by atoms with Crippen molar-refractivity contribution < 1.29 is 0 Å². The van der Waals surface area contributed by atoms with Gasteiger partial charge in [-0.3, -0.25) is 4.68 Å². The Morgan fingerprint density at radius 3 is 2.38 bits per heavy atom. The summed E-state index contributed by atoms with van der Waals surface area (Å²) in [5.41, 5.74) is 10.8. The lowest BCUT2D eigenvalue weighted by molar-refractivity contribution is 0.659. The van der Waals surface area contributed by atoms with Gasteiger partial charge in [0.1, 0.15) is 0 Å². The Kier molecular flexibility index (Phi) is 2.69. The highest BCUT2D eigenvalue weighted by atomic mass is 15.3. The lowest BCUT2D eigenvalue weighted by Gasteiger charge is -2.05. The molecule has 0 aliphatic carbocycles. The van der Waals surface area contributed by atoms with E-state index in [0.29, 0.717) is 0 Å². The second kappa shape index (κ2) is 4.00. The molecule has 3 heteroatoms. The van der Waals surface area contributed by atoms with Crippen molar-refractivity contribution in [1.29, 1.82) is 0 Å². The van der Waals surface area contributed by atoms with Crippen LogP contribution in [-0.2, 0) is 6.54 Å². The van der Waals surface area contributed by atoms with E-state index in [9.17, 15) is 0 Å². The lowest BCUT2D eigenvalue weighted by atomic mass is 10.2. The summed E-state index contributed by atoms with van der Waals surface area (Å²) in [6, 6.07) is 7.86. The van der Waals surface area contributed by atoms with Gasteiger partial charge in [0.05, 0.1) is 12.2 Å². The van der Waals surface area contributed by atoms with Crippen LogP contribution in [0.5, 0.6) is 0 Å². The third kappa shape index (κ3) is 1.94. The number of nitrogens with zero attached hydrogens (tertiary/aromatic N) is 2. The normalized spacial score (nSPS) is 10.7. The maximum Gasteiger partial charge on any atom is 0.0662 e. The van der Waals surface area contributed by atoms with Crippen LogP contribution in [0.25, 0.3) is 0 Å². The number of aryl methyl sites for hydroxylation is 1. The van der Waals surface area contributed by atoms with Crippen molar-refractivity contribution in [3.05, 3.63) is 53.7 Å². The Hall–Kier alpha value is -1.77. The maximum absolute atomic E-state index is 5.65. The van der Waals surface area contributed by atoms with Crippen molar-refractivity contribution in [2.75, 3.05) is 5.73 Å². The molecule has 1 aromatic heterocycles. The van der Waals surface area contributed by atoms with Crippen LogP contribution in [0.2, 0.25) is 0 Å². The van der Waals surface area contributed by atoms with Crippen LogP contribution >= 0.6 is 0 Å². The van der Waals surface area contributed by atoms with Gasteiger partial charge in [0.2, 0.25) is 0 Å². The summed E-state index contributed by atoms with van der Waals surface area (Å²) in [6.45, 7) is 8.78. The fourth-order valence-corrected chi connectivity index (χ4v) is 1.68. The Balaban J connectivity index is 2.27. The molecule has 0 saturated heterocycles. The molecule has 0 atom stereocenters. The van der Waals surface area contributed by atoms with Crippen LogP contribution in [-0.4, -0.2) is 9.78 Å². The van der Waals surface area contributed by atoms with Gasteiger partial charge in [-0.1, -0.05) is 12.1 Å². The molecule has 0 amide bonds. The van der Waals surface area contributed by atoms with Gasteiger partial charge in [-0.05, 0) is 44.0 Å². The number of hydrogen-bond donors (Lipinski definition) is 1. The predicted octanol–water partition coefficient (Wildman–Crippen LogP) is 2.31. The average Bonchev–Trinajstić information content (AvgIpc) is 2.50. The summed E-state index contributed by atoms with van der Waals surface area (Å²) in [4.78, 5) is 0. The molecule has 0 aliphatic rings. The van der Waals surface area contributed by atoms with Crippen molar-refractivity contribution in [2.45, 2.75) is 20.4 Å². The van der Waals surface area contributed by atoms with Crippen LogP contribution in [0.15, 0.2) is 24.3 Å². The summed E-state index contributed by atoms with van der Waals surface area (Å²) in [5.74, 6) is 0. The molecule has 1 aromatic carbocycles. The molecule has 1 heterocycles. The molecule has 1 radical (unpaired) electrons. The Bertz CT molecular complexity index is 495. The number of nitrogens with two attached hydrogens (primary N) is 1. The van der Waals surface area contributed by atoms with E-state index in [4.69, 9.17) is 5.73 Å². The molecule has 0 bridgehead atoms. The molecule has 3 nitrogen and oxygen atoms in total. The quantitative estimate of drug-likeness (QED) is 0.780.